The lowest BCUT2D eigenvalue weighted by Gasteiger charge is -2.20. The summed E-state index contributed by atoms with van der Waals surface area (Å²) in [5.74, 6) is 0.926. The van der Waals surface area contributed by atoms with E-state index in [2.05, 4.69) is 57.1 Å². The lowest BCUT2D eigenvalue weighted by Crippen LogP contribution is -2.23. The third-order valence-corrected chi connectivity index (χ3v) is 3.12. The molecule has 2 aromatic heterocycles. The average molecular weight is 272 g/mol. The van der Waals surface area contributed by atoms with Crippen molar-refractivity contribution in [2.45, 2.75) is 52.6 Å². The van der Waals surface area contributed by atoms with E-state index in [1.165, 1.54) is 5.56 Å². The first-order valence-corrected chi connectivity index (χ1v) is 7.09. The van der Waals surface area contributed by atoms with Gasteiger partial charge in [-0.1, -0.05) is 34.6 Å². The smallest absolute Gasteiger partial charge is 0.138 e. The van der Waals surface area contributed by atoms with Gasteiger partial charge in [0.25, 0.3) is 0 Å². The van der Waals surface area contributed by atoms with Crippen molar-refractivity contribution in [2.24, 2.45) is 0 Å². The number of nitrogens with zero attached hydrogens (tertiary/aromatic N) is 3. The maximum absolute atomic E-state index is 4.77. The van der Waals surface area contributed by atoms with Crippen LogP contribution in [-0.4, -0.2) is 20.6 Å². The molecule has 2 rings (SSSR count). The monoisotopic (exact) mass is 272 g/mol. The van der Waals surface area contributed by atoms with Crippen molar-refractivity contribution < 1.29 is 0 Å². The van der Waals surface area contributed by atoms with Crippen LogP contribution in [-0.2, 0) is 12.0 Å². The Balaban J connectivity index is 2.39. The highest BCUT2D eigenvalue weighted by atomic mass is 15.1. The highest BCUT2D eigenvalue weighted by molar-refractivity contribution is 5.33. The zero-order valence-corrected chi connectivity index (χ0v) is 13.0. The van der Waals surface area contributed by atoms with Gasteiger partial charge in [0.1, 0.15) is 12.1 Å². The molecule has 0 atom stereocenters. The van der Waals surface area contributed by atoms with Crippen molar-refractivity contribution in [3.8, 4) is 5.82 Å². The van der Waals surface area contributed by atoms with Crippen molar-refractivity contribution in [1.82, 2.24) is 19.9 Å². The first kappa shape index (κ1) is 14.7. The van der Waals surface area contributed by atoms with Crippen molar-refractivity contribution in [3.05, 3.63) is 42.1 Å². The minimum atomic E-state index is 0.0309. The number of imidazole rings is 1. The summed E-state index contributed by atoms with van der Waals surface area (Å²) >= 11 is 0. The first-order valence-electron chi connectivity index (χ1n) is 7.09. The van der Waals surface area contributed by atoms with Gasteiger partial charge in [0, 0.05) is 36.1 Å². The van der Waals surface area contributed by atoms with Gasteiger partial charge in [-0.25, -0.2) is 9.97 Å². The van der Waals surface area contributed by atoms with E-state index < -0.39 is 0 Å². The zero-order valence-electron chi connectivity index (χ0n) is 13.0. The Morgan fingerprint density at radius 3 is 2.55 bits per heavy atom. The molecule has 0 radical (unpaired) electrons. The molecular formula is C16H24N4. The molecule has 0 aromatic carbocycles. The fourth-order valence-electron chi connectivity index (χ4n) is 1.91. The summed E-state index contributed by atoms with van der Waals surface area (Å²) in [6.45, 7) is 11.7. The Labute approximate surface area is 121 Å². The van der Waals surface area contributed by atoms with Crippen LogP contribution < -0.4 is 5.32 Å². The third kappa shape index (κ3) is 3.67. The van der Waals surface area contributed by atoms with E-state index in [-0.39, 0.29) is 5.41 Å². The molecule has 0 aliphatic rings. The first-order chi connectivity index (χ1) is 9.36. The summed E-state index contributed by atoms with van der Waals surface area (Å²) in [7, 11) is 0. The molecule has 0 amide bonds. The predicted octanol–water partition coefficient (Wildman–Crippen LogP) is 3.06. The quantitative estimate of drug-likeness (QED) is 0.930. The maximum atomic E-state index is 4.77. The summed E-state index contributed by atoms with van der Waals surface area (Å²) in [6, 6.07) is 4.78. The molecule has 4 heteroatoms. The molecule has 2 aromatic rings. The number of hydrogen-bond acceptors (Lipinski definition) is 3. The molecule has 0 fully saturated rings. The molecule has 0 bridgehead atoms. The van der Waals surface area contributed by atoms with Gasteiger partial charge in [0.15, 0.2) is 0 Å². The second-order valence-corrected chi connectivity index (χ2v) is 6.47. The van der Waals surface area contributed by atoms with E-state index in [9.17, 15) is 0 Å². The van der Waals surface area contributed by atoms with Gasteiger partial charge in [-0.05, 0) is 17.7 Å². The van der Waals surface area contributed by atoms with Crippen LogP contribution >= 0.6 is 0 Å². The lowest BCUT2D eigenvalue weighted by atomic mass is 9.90. The van der Waals surface area contributed by atoms with Gasteiger partial charge in [-0.3, -0.25) is 4.57 Å². The number of hydrogen-bond donors (Lipinski definition) is 1. The highest BCUT2D eigenvalue weighted by Crippen LogP contribution is 2.23. The topological polar surface area (TPSA) is 42.7 Å². The van der Waals surface area contributed by atoms with Crippen LogP contribution in [0.2, 0.25) is 0 Å². The molecule has 0 saturated carbocycles. The largest absolute Gasteiger partial charge is 0.310 e. The molecule has 0 aliphatic carbocycles. The molecule has 4 nitrogen and oxygen atoms in total. The van der Waals surface area contributed by atoms with Crippen molar-refractivity contribution in [1.29, 1.82) is 0 Å². The molecule has 1 N–H and O–H groups in total. The minimum absolute atomic E-state index is 0.0309. The van der Waals surface area contributed by atoms with Crippen molar-refractivity contribution in [3.63, 3.8) is 0 Å². The highest BCUT2D eigenvalue weighted by Gasteiger charge is 2.17. The Hall–Kier alpha value is -1.68. The molecule has 0 saturated heterocycles. The predicted molar refractivity (Wildman–Crippen MR) is 82.0 cm³/mol. The van der Waals surface area contributed by atoms with Gasteiger partial charge >= 0.3 is 0 Å². The van der Waals surface area contributed by atoms with E-state index in [1.807, 2.05) is 10.8 Å². The molecule has 20 heavy (non-hydrogen) atoms. The summed E-state index contributed by atoms with van der Waals surface area (Å²) in [5.41, 5.74) is 2.38. The van der Waals surface area contributed by atoms with Crippen LogP contribution in [0.5, 0.6) is 0 Å². The van der Waals surface area contributed by atoms with E-state index >= 15 is 0 Å². The molecule has 0 unspecified atom stereocenters. The Morgan fingerprint density at radius 2 is 2.00 bits per heavy atom. The van der Waals surface area contributed by atoms with Gasteiger partial charge in [-0.2, -0.15) is 0 Å². The zero-order chi connectivity index (χ0) is 14.8. The number of aromatic nitrogens is 3. The van der Waals surface area contributed by atoms with E-state index in [0.29, 0.717) is 6.04 Å². The van der Waals surface area contributed by atoms with Crippen LogP contribution in [0.1, 0.15) is 45.9 Å². The Kier molecular flexibility index (Phi) is 4.23. The molecular weight excluding hydrogens is 248 g/mol. The normalized spacial score (nSPS) is 12.1. The van der Waals surface area contributed by atoms with Crippen LogP contribution in [0.3, 0.4) is 0 Å². The van der Waals surface area contributed by atoms with Crippen LogP contribution in [0.25, 0.3) is 5.82 Å². The molecule has 108 valence electrons. The van der Waals surface area contributed by atoms with E-state index in [1.54, 1.807) is 12.5 Å². The fourth-order valence-corrected chi connectivity index (χ4v) is 1.91. The summed E-state index contributed by atoms with van der Waals surface area (Å²) in [6.07, 6.45) is 5.49. The Morgan fingerprint density at radius 1 is 1.25 bits per heavy atom. The van der Waals surface area contributed by atoms with Gasteiger partial charge in [-0.15, -0.1) is 0 Å². The number of nitrogens with one attached hydrogen (secondary N) is 1. The maximum Gasteiger partial charge on any atom is 0.138 e. The lowest BCUT2D eigenvalue weighted by molar-refractivity contribution is 0.559. The molecule has 0 aliphatic heterocycles. The van der Waals surface area contributed by atoms with Crippen LogP contribution in [0, 0.1) is 0 Å². The van der Waals surface area contributed by atoms with Crippen molar-refractivity contribution in [2.75, 3.05) is 0 Å². The summed E-state index contributed by atoms with van der Waals surface area (Å²) in [4.78, 5) is 8.87. The van der Waals surface area contributed by atoms with Crippen LogP contribution in [0.4, 0.5) is 0 Å². The van der Waals surface area contributed by atoms with E-state index in [0.717, 1.165) is 18.1 Å². The van der Waals surface area contributed by atoms with Crippen molar-refractivity contribution >= 4 is 0 Å². The third-order valence-electron chi connectivity index (χ3n) is 3.12. The molecule has 2 heterocycles. The molecule has 0 spiro atoms. The summed E-state index contributed by atoms with van der Waals surface area (Å²) < 4.78 is 1.95. The SMILES string of the molecule is CC(C)NCc1cc(-n2ccnc2)nc(C(C)(C)C)c1. The minimum Gasteiger partial charge on any atom is -0.310 e. The standard InChI is InChI=1S/C16H24N4/c1-12(2)18-10-13-8-14(16(3,4)5)19-15(9-13)20-7-6-17-11-20/h6-9,11-12,18H,10H2,1-5H3. The number of pyridine rings is 1. The second-order valence-electron chi connectivity index (χ2n) is 6.47. The van der Waals surface area contributed by atoms with E-state index in [4.69, 9.17) is 4.98 Å². The van der Waals surface area contributed by atoms with Gasteiger partial charge < -0.3 is 5.32 Å². The van der Waals surface area contributed by atoms with Crippen LogP contribution in [0.15, 0.2) is 30.9 Å². The fraction of sp³-hybridized carbons (Fsp3) is 0.500. The average Bonchev–Trinajstić information content (AvgIpc) is 2.89. The Bertz CT molecular complexity index is 550. The summed E-state index contributed by atoms with van der Waals surface area (Å²) in [5, 5.41) is 3.46. The van der Waals surface area contributed by atoms with Gasteiger partial charge in [0.2, 0.25) is 0 Å². The second kappa shape index (κ2) is 5.75. The number of rotatable bonds is 4. The van der Waals surface area contributed by atoms with Gasteiger partial charge in [0.05, 0.1) is 0 Å².